The van der Waals surface area contributed by atoms with Gasteiger partial charge in [0.15, 0.2) is 6.29 Å². The second-order valence-electron chi connectivity index (χ2n) is 5.50. The summed E-state index contributed by atoms with van der Waals surface area (Å²) in [6.45, 7) is 7.64. The Kier molecular flexibility index (Phi) is 3.52. The maximum Gasteiger partial charge on any atom is 0.170 e. The van der Waals surface area contributed by atoms with Crippen LogP contribution < -0.4 is 5.73 Å². The van der Waals surface area contributed by atoms with Crippen molar-refractivity contribution in [2.75, 3.05) is 13.2 Å². The summed E-state index contributed by atoms with van der Waals surface area (Å²) in [6, 6.07) is 8.56. The molecule has 3 nitrogen and oxygen atoms in total. The first-order chi connectivity index (χ1) is 8.00. The fraction of sp³-hybridized carbons (Fsp3) is 0.571. The van der Waals surface area contributed by atoms with E-state index in [4.69, 9.17) is 15.2 Å². The second kappa shape index (κ2) is 4.77. The van der Waals surface area contributed by atoms with E-state index < -0.39 is 0 Å². The molecule has 2 atom stereocenters. The third kappa shape index (κ3) is 2.86. The molecule has 94 valence electrons. The van der Waals surface area contributed by atoms with Crippen LogP contribution in [0, 0.1) is 0 Å². The number of nitrogens with two attached hydrogens (primary N) is 1. The molecule has 1 aromatic rings. The van der Waals surface area contributed by atoms with Crippen molar-refractivity contribution in [2.24, 2.45) is 5.73 Å². The highest BCUT2D eigenvalue weighted by molar-refractivity contribution is 5.29. The molecule has 0 spiro atoms. The van der Waals surface area contributed by atoms with Gasteiger partial charge in [0.05, 0.1) is 6.61 Å². The molecule has 0 bridgehead atoms. The van der Waals surface area contributed by atoms with Crippen LogP contribution in [-0.2, 0) is 14.9 Å². The zero-order valence-corrected chi connectivity index (χ0v) is 10.8. The standard InChI is InChI=1S/C14H21NO2/c1-14(2,3)11-6-4-10(5-7-11)12-9-16-13(8-15)17-12/h4-7,12-13H,8-9,15H2,1-3H3. The van der Waals surface area contributed by atoms with Crippen molar-refractivity contribution < 1.29 is 9.47 Å². The van der Waals surface area contributed by atoms with E-state index in [-0.39, 0.29) is 17.8 Å². The first kappa shape index (κ1) is 12.6. The molecule has 0 saturated carbocycles. The van der Waals surface area contributed by atoms with Crippen molar-refractivity contribution in [3.05, 3.63) is 35.4 Å². The highest BCUT2D eigenvalue weighted by atomic mass is 16.7. The average Bonchev–Trinajstić information content (AvgIpc) is 2.76. The van der Waals surface area contributed by atoms with E-state index in [0.29, 0.717) is 13.2 Å². The molecular weight excluding hydrogens is 214 g/mol. The SMILES string of the molecule is CC(C)(C)c1ccc(C2COC(CN)O2)cc1. The lowest BCUT2D eigenvalue weighted by Gasteiger charge is -2.20. The Balaban J connectivity index is 2.09. The monoisotopic (exact) mass is 235 g/mol. The van der Waals surface area contributed by atoms with E-state index in [9.17, 15) is 0 Å². The van der Waals surface area contributed by atoms with E-state index in [1.807, 2.05) is 0 Å². The molecule has 1 heterocycles. The maximum absolute atomic E-state index is 5.67. The van der Waals surface area contributed by atoms with E-state index in [0.717, 1.165) is 5.56 Å². The van der Waals surface area contributed by atoms with Crippen LogP contribution in [0.4, 0.5) is 0 Å². The molecule has 2 rings (SSSR count). The summed E-state index contributed by atoms with van der Waals surface area (Å²) in [6.07, 6.45) is -0.222. The Morgan fingerprint density at radius 1 is 1.24 bits per heavy atom. The van der Waals surface area contributed by atoms with Crippen molar-refractivity contribution >= 4 is 0 Å². The summed E-state index contributed by atoms with van der Waals surface area (Å²) in [4.78, 5) is 0. The first-order valence-electron chi connectivity index (χ1n) is 6.08. The Hall–Kier alpha value is -0.900. The summed E-state index contributed by atoms with van der Waals surface area (Å²) in [7, 11) is 0. The van der Waals surface area contributed by atoms with Gasteiger partial charge in [0.25, 0.3) is 0 Å². The van der Waals surface area contributed by atoms with Crippen molar-refractivity contribution in [3.8, 4) is 0 Å². The summed E-state index contributed by atoms with van der Waals surface area (Å²) in [5.74, 6) is 0. The zero-order valence-electron chi connectivity index (χ0n) is 10.8. The van der Waals surface area contributed by atoms with Gasteiger partial charge in [0.1, 0.15) is 6.10 Å². The number of ether oxygens (including phenoxy) is 2. The predicted molar refractivity (Wildman–Crippen MR) is 67.8 cm³/mol. The molecule has 1 saturated heterocycles. The third-order valence-corrected chi connectivity index (χ3v) is 3.09. The molecule has 1 aliphatic rings. The van der Waals surface area contributed by atoms with Crippen LogP contribution in [0.3, 0.4) is 0 Å². The van der Waals surface area contributed by atoms with Gasteiger partial charge >= 0.3 is 0 Å². The fourth-order valence-corrected chi connectivity index (χ4v) is 1.95. The van der Waals surface area contributed by atoms with E-state index in [2.05, 4.69) is 45.0 Å². The molecule has 1 fully saturated rings. The molecule has 0 aromatic heterocycles. The average molecular weight is 235 g/mol. The number of benzene rings is 1. The van der Waals surface area contributed by atoms with E-state index >= 15 is 0 Å². The topological polar surface area (TPSA) is 44.5 Å². The molecule has 3 heteroatoms. The van der Waals surface area contributed by atoms with E-state index in [1.165, 1.54) is 5.56 Å². The lowest BCUT2D eigenvalue weighted by atomic mass is 9.86. The maximum atomic E-state index is 5.67. The van der Waals surface area contributed by atoms with Gasteiger partial charge in [-0.1, -0.05) is 45.0 Å². The van der Waals surface area contributed by atoms with Gasteiger partial charge in [-0.05, 0) is 16.5 Å². The van der Waals surface area contributed by atoms with Crippen molar-refractivity contribution in [2.45, 2.75) is 38.6 Å². The summed E-state index contributed by atoms with van der Waals surface area (Å²) < 4.78 is 11.1. The van der Waals surface area contributed by atoms with Crippen LogP contribution in [-0.4, -0.2) is 19.4 Å². The van der Waals surface area contributed by atoms with Crippen LogP contribution >= 0.6 is 0 Å². The third-order valence-electron chi connectivity index (χ3n) is 3.09. The Morgan fingerprint density at radius 3 is 2.35 bits per heavy atom. The molecule has 0 radical (unpaired) electrons. The first-order valence-corrected chi connectivity index (χ1v) is 6.08. The van der Waals surface area contributed by atoms with Crippen LogP contribution in [0.2, 0.25) is 0 Å². The van der Waals surface area contributed by atoms with Crippen LogP contribution in [0.25, 0.3) is 0 Å². The highest BCUT2D eigenvalue weighted by Gasteiger charge is 2.26. The number of rotatable bonds is 2. The van der Waals surface area contributed by atoms with Gasteiger partial charge in [-0.2, -0.15) is 0 Å². The second-order valence-corrected chi connectivity index (χ2v) is 5.50. The van der Waals surface area contributed by atoms with Gasteiger partial charge in [-0.15, -0.1) is 0 Å². The quantitative estimate of drug-likeness (QED) is 0.855. The fourth-order valence-electron chi connectivity index (χ4n) is 1.95. The van der Waals surface area contributed by atoms with Gasteiger partial charge in [-0.25, -0.2) is 0 Å². The van der Waals surface area contributed by atoms with Gasteiger partial charge < -0.3 is 15.2 Å². The Labute approximate surface area is 103 Å². The Bertz CT molecular complexity index is 367. The van der Waals surface area contributed by atoms with Crippen molar-refractivity contribution in [1.29, 1.82) is 0 Å². The van der Waals surface area contributed by atoms with Crippen LogP contribution in [0.5, 0.6) is 0 Å². The molecule has 17 heavy (non-hydrogen) atoms. The molecule has 1 aromatic carbocycles. The van der Waals surface area contributed by atoms with E-state index in [1.54, 1.807) is 0 Å². The molecule has 0 aliphatic carbocycles. The molecule has 2 unspecified atom stereocenters. The normalized spacial score (nSPS) is 25.2. The molecular formula is C14H21NO2. The summed E-state index contributed by atoms with van der Waals surface area (Å²) in [5.41, 5.74) is 8.18. The minimum atomic E-state index is -0.248. The van der Waals surface area contributed by atoms with Gasteiger partial charge in [0, 0.05) is 6.54 Å². The van der Waals surface area contributed by atoms with Gasteiger partial charge in [0.2, 0.25) is 0 Å². The zero-order chi connectivity index (χ0) is 12.5. The Morgan fingerprint density at radius 2 is 1.88 bits per heavy atom. The van der Waals surface area contributed by atoms with Crippen molar-refractivity contribution in [1.82, 2.24) is 0 Å². The molecule has 0 amide bonds. The largest absolute Gasteiger partial charge is 0.348 e. The summed E-state index contributed by atoms with van der Waals surface area (Å²) in [5, 5.41) is 0. The lowest BCUT2D eigenvalue weighted by molar-refractivity contribution is -0.0497. The lowest BCUT2D eigenvalue weighted by Crippen LogP contribution is -2.20. The number of hydrogen-bond donors (Lipinski definition) is 1. The van der Waals surface area contributed by atoms with Crippen LogP contribution in [0.15, 0.2) is 24.3 Å². The molecule has 2 N–H and O–H groups in total. The minimum Gasteiger partial charge on any atom is -0.348 e. The molecule has 1 aliphatic heterocycles. The van der Waals surface area contributed by atoms with Crippen molar-refractivity contribution in [3.63, 3.8) is 0 Å². The summed E-state index contributed by atoms with van der Waals surface area (Å²) >= 11 is 0. The smallest absolute Gasteiger partial charge is 0.170 e. The minimum absolute atomic E-state index is 0.0255. The van der Waals surface area contributed by atoms with Gasteiger partial charge in [-0.3, -0.25) is 0 Å². The highest BCUT2D eigenvalue weighted by Crippen LogP contribution is 2.28. The predicted octanol–water partition coefficient (Wildman–Crippen LogP) is 2.36. The van der Waals surface area contributed by atoms with Crippen LogP contribution in [0.1, 0.15) is 38.0 Å². The number of hydrogen-bond acceptors (Lipinski definition) is 3.